The smallest absolute Gasteiger partial charge is 0.331 e. The average Bonchev–Trinajstić information content (AvgIpc) is 3.47. The van der Waals surface area contributed by atoms with Crippen LogP contribution in [0.4, 0.5) is 0 Å². The lowest BCUT2D eigenvalue weighted by Gasteiger charge is -2.31. The van der Waals surface area contributed by atoms with Crippen LogP contribution in [0, 0.1) is 11.8 Å². The number of ether oxygens (including phenoxy) is 1. The Bertz CT molecular complexity index is 1390. The number of ketones is 1. The van der Waals surface area contributed by atoms with Crippen LogP contribution < -0.4 is 16.0 Å². The first kappa shape index (κ1) is 36.2. The first-order chi connectivity index (χ1) is 22.0. The third-order valence-electron chi connectivity index (χ3n) is 8.46. The third-order valence-corrected chi connectivity index (χ3v) is 8.46. The molecule has 1 saturated heterocycles. The number of benzene rings is 1. The van der Waals surface area contributed by atoms with Gasteiger partial charge in [-0.15, -0.1) is 0 Å². The molecule has 1 aromatic heterocycles. The molecule has 6 N–H and O–H groups in total. The van der Waals surface area contributed by atoms with Crippen LogP contribution in [0.3, 0.4) is 0 Å². The normalized spacial score (nSPS) is 23.6. The van der Waals surface area contributed by atoms with Crippen molar-refractivity contribution in [1.82, 2.24) is 20.9 Å². The number of rotatable bonds is 14. The monoisotopic (exact) mass is 642 g/mol. The Hall–Kier alpha value is -4.26. The van der Waals surface area contributed by atoms with E-state index in [2.05, 4.69) is 27.9 Å². The van der Waals surface area contributed by atoms with Crippen LogP contribution in [-0.4, -0.2) is 81.5 Å². The van der Waals surface area contributed by atoms with Crippen LogP contribution in [0.25, 0.3) is 10.9 Å². The van der Waals surface area contributed by atoms with Crippen LogP contribution in [0.1, 0.15) is 88.9 Å². The summed E-state index contributed by atoms with van der Waals surface area (Å²) in [5.74, 6) is -7.04. The highest BCUT2D eigenvalue weighted by Gasteiger charge is 2.40. The first-order valence-corrected chi connectivity index (χ1v) is 16.0. The number of nitrogens with one attached hydrogen (secondary N) is 4. The molecule has 13 nitrogen and oxygen atoms in total. The molecule has 2 aromatic rings. The Morgan fingerprint density at radius 1 is 0.913 bits per heavy atom. The first-order valence-electron chi connectivity index (χ1n) is 16.0. The summed E-state index contributed by atoms with van der Waals surface area (Å²) >= 11 is 0. The summed E-state index contributed by atoms with van der Waals surface area (Å²) in [5, 5.41) is 27.1. The van der Waals surface area contributed by atoms with E-state index >= 15 is 0 Å². The molecular formula is C33H46N4O9. The van der Waals surface area contributed by atoms with E-state index in [0.29, 0.717) is 17.3 Å². The zero-order chi connectivity index (χ0) is 33.8. The number of cyclic esters (lactones) is 1. The lowest BCUT2D eigenvalue weighted by Crippen LogP contribution is -2.58. The molecular weight excluding hydrogens is 596 g/mol. The largest absolute Gasteiger partial charge is 0.481 e. The van der Waals surface area contributed by atoms with Crippen molar-refractivity contribution < 1.29 is 43.7 Å². The molecule has 2 heterocycles. The number of carbonyl (C=O) groups is 6. The average molecular weight is 643 g/mol. The highest BCUT2D eigenvalue weighted by molar-refractivity contribution is 6.20. The Balaban J connectivity index is 1.95. The summed E-state index contributed by atoms with van der Waals surface area (Å²) in [6, 6.07) is 1.90. The van der Waals surface area contributed by atoms with Crippen LogP contribution in [0.2, 0.25) is 0 Å². The van der Waals surface area contributed by atoms with Crippen molar-refractivity contribution >= 4 is 46.3 Å². The van der Waals surface area contributed by atoms with Gasteiger partial charge in [0, 0.05) is 29.1 Å². The lowest BCUT2D eigenvalue weighted by atomic mass is 9.88. The number of fused-ring (bicyclic) bond motifs is 1. The van der Waals surface area contributed by atoms with Crippen LogP contribution in [0.15, 0.2) is 30.5 Å². The minimum absolute atomic E-state index is 0.0758. The number of aromatic nitrogens is 1. The van der Waals surface area contributed by atoms with E-state index in [0.717, 1.165) is 38.5 Å². The number of H-pyrrole nitrogens is 1. The maximum Gasteiger partial charge on any atom is 0.331 e. The number of amides is 3. The third kappa shape index (κ3) is 9.62. The van der Waals surface area contributed by atoms with E-state index in [1.54, 1.807) is 24.3 Å². The Labute approximate surface area is 268 Å². The van der Waals surface area contributed by atoms with Gasteiger partial charge in [-0.3, -0.25) is 24.0 Å². The van der Waals surface area contributed by atoms with E-state index in [1.165, 1.54) is 13.1 Å². The van der Waals surface area contributed by atoms with Gasteiger partial charge in [0.2, 0.25) is 11.8 Å². The molecule has 1 aliphatic heterocycles. The van der Waals surface area contributed by atoms with Crippen molar-refractivity contribution in [1.29, 1.82) is 0 Å². The molecule has 3 rings (SSSR count). The Morgan fingerprint density at radius 2 is 1.59 bits per heavy atom. The highest BCUT2D eigenvalue weighted by Crippen LogP contribution is 2.25. The number of aliphatic hydroxyl groups is 1. The molecule has 3 unspecified atom stereocenters. The van der Waals surface area contributed by atoms with Gasteiger partial charge in [0.25, 0.3) is 5.91 Å². The van der Waals surface area contributed by atoms with Gasteiger partial charge in [-0.05, 0) is 24.8 Å². The number of para-hydroxylation sites is 1. The van der Waals surface area contributed by atoms with Crippen molar-refractivity contribution in [2.75, 3.05) is 6.61 Å². The van der Waals surface area contributed by atoms with E-state index in [9.17, 15) is 39.0 Å². The summed E-state index contributed by atoms with van der Waals surface area (Å²) < 4.78 is 5.78. The molecule has 0 bridgehead atoms. The predicted molar refractivity (Wildman–Crippen MR) is 169 cm³/mol. The fourth-order valence-corrected chi connectivity index (χ4v) is 5.69. The Morgan fingerprint density at radius 3 is 2.28 bits per heavy atom. The minimum Gasteiger partial charge on any atom is -0.481 e. The molecule has 6 atom stereocenters. The molecule has 3 amide bonds. The van der Waals surface area contributed by atoms with Gasteiger partial charge < -0.3 is 35.9 Å². The van der Waals surface area contributed by atoms with Crippen LogP contribution in [-0.2, 0) is 28.7 Å². The number of Topliss-reactive ketones (excluding diaryl/α,β-unsaturated/α-hetero) is 1. The molecule has 13 heteroatoms. The molecule has 1 aliphatic rings. The molecule has 0 saturated carbocycles. The van der Waals surface area contributed by atoms with Gasteiger partial charge in [0.05, 0.1) is 12.5 Å². The molecule has 0 aliphatic carbocycles. The lowest BCUT2D eigenvalue weighted by molar-refractivity contribution is -0.161. The number of unbranched alkanes of at least 4 members (excludes halogenated alkanes) is 5. The van der Waals surface area contributed by atoms with E-state index in [1.807, 2.05) is 6.92 Å². The predicted octanol–water partition coefficient (Wildman–Crippen LogP) is 2.61. The van der Waals surface area contributed by atoms with Gasteiger partial charge in [-0.2, -0.15) is 0 Å². The number of carboxylic acids is 1. The van der Waals surface area contributed by atoms with Crippen LogP contribution >= 0.6 is 0 Å². The molecule has 252 valence electrons. The number of aromatic amines is 1. The number of esters is 1. The zero-order valence-corrected chi connectivity index (χ0v) is 26.7. The van der Waals surface area contributed by atoms with Crippen molar-refractivity contribution in [3.05, 3.63) is 36.0 Å². The van der Waals surface area contributed by atoms with Gasteiger partial charge in [-0.25, -0.2) is 4.79 Å². The van der Waals surface area contributed by atoms with Crippen molar-refractivity contribution in [2.45, 2.75) is 103 Å². The molecule has 1 aromatic carbocycles. The number of aliphatic hydroxyl groups excluding tert-OH is 1. The Kier molecular flexibility index (Phi) is 13.7. The standard InChI is InChI=1S/C33H46N4O9/c1-4-5-6-7-8-9-12-19(2)29-20(3)30(42)35-24(15-16-26(39)40)31(43)37-27(32(44)36-25(18-38)33(45)46-29)28(41)22-17-34-23-14-11-10-13-21(22)23/h10-11,13-14,17,19-20,24-25,27,29,34,38H,4-9,12,15-16,18H2,1-3H3,(H,35,42)(H,36,44)(H,37,43)(H,39,40)/t19?,20?,24-,25-,27-,29?/m0/s1. The maximum atomic E-state index is 13.8. The second-order valence-electron chi connectivity index (χ2n) is 12.0. The number of hydrogen-bond acceptors (Lipinski definition) is 8. The summed E-state index contributed by atoms with van der Waals surface area (Å²) in [6.45, 7) is 4.64. The van der Waals surface area contributed by atoms with Crippen LogP contribution in [0.5, 0.6) is 0 Å². The van der Waals surface area contributed by atoms with Crippen molar-refractivity contribution in [3.8, 4) is 0 Å². The summed E-state index contributed by atoms with van der Waals surface area (Å²) in [6.07, 6.45) is 6.43. The molecule has 0 spiro atoms. The number of carbonyl (C=O) groups excluding carboxylic acids is 5. The highest BCUT2D eigenvalue weighted by atomic mass is 16.5. The maximum absolute atomic E-state index is 13.8. The van der Waals surface area contributed by atoms with E-state index in [-0.39, 0.29) is 17.9 Å². The van der Waals surface area contributed by atoms with Crippen molar-refractivity contribution in [3.63, 3.8) is 0 Å². The topological polar surface area (TPSA) is 204 Å². The van der Waals surface area contributed by atoms with E-state index < -0.39 is 78.6 Å². The summed E-state index contributed by atoms with van der Waals surface area (Å²) in [7, 11) is 0. The number of hydrogen-bond donors (Lipinski definition) is 6. The summed E-state index contributed by atoms with van der Waals surface area (Å²) in [5.41, 5.74) is 0.674. The van der Waals surface area contributed by atoms with Gasteiger partial charge >= 0.3 is 11.9 Å². The molecule has 0 radical (unpaired) electrons. The fraction of sp³-hybridized carbons (Fsp3) is 0.576. The SMILES string of the molecule is CCCCCCCCC(C)C1OC(=O)[C@H](CO)NC(=O)[C@H](C(=O)c2c[nH]c3ccccc23)NC(=O)[C@H](CCC(=O)O)NC(=O)C1C. The molecule has 46 heavy (non-hydrogen) atoms. The second kappa shape index (κ2) is 17.4. The second-order valence-corrected chi connectivity index (χ2v) is 12.0. The van der Waals surface area contributed by atoms with Gasteiger partial charge in [0.15, 0.2) is 17.9 Å². The van der Waals surface area contributed by atoms with E-state index in [4.69, 9.17) is 4.74 Å². The van der Waals surface area contributed by atoms with Crippen molar-refractivity contribution in [2.24, 2.45) is 11.8 Å². The fourth-order valence-electron chi connectivity index (χ4n) is 5.69. The van der Waals surface area contributed by atoms with Gasteiger partial charge in [0.1, 0.15) is 12.1 Å². The zero-order valence-electron chi connectivity index (χ0n) is 26.7. The number of carboxylic acid groups (broad SMARTS) is 1. The summed E-state index contributed by atoms with van der Waals surface area (Å²) in [4.78, 5) is 82.0. The number of aliphatic carboxylic acids is 1. The molecule has 1 fully saturated rings. The quantitative estimate of drug-likeness (QED) is 0.0775. The van der Waals surface area contributed by atoms with Gasteiger partial charge in [-0.1, -0.05) is 77.5 Å². The minimum atomic E-state index is -1.89.